The SMILES string of the molecule is O=C(C1CCN(S(=O)(=O)c2ccc3c(c2)OCCCO3)CC1)N1CCC[C@@H]1c1cccs1. The summed E-state index contributed by atoms with van der Waals surface area (Å²) in [5, 5.41) is 2.05. The summed E-state index contributed by atoms with van der Waals surface area (Å²) in [6.45, 7) is 2.56. The number of rotatable bonds is 4. The van der Waals surface area contributed by atoms with Crippen LogP contribution in [0.5, 0.6) is 11.5 Å². The van der Waals surface area contributed by atoms with Crippen molar-refractivity contribution in [3.8, 4) is 11.5 Å². The van der Waals surface area contributed by atoms with Crippen LogP contribution in [0.15, 0.2) is 40.6 Å². The van der Waals surface area contributed by atoms with E-state index in [9.17, 15) is 13.2 Å². The molecule has 5 rings (SSSR count). The zero-order valence-electron chi connectivity index (χ0n) is 17.9. The van der Waals surface area contributed by atoms with Crippen LogP contribution in [0.1, 0.15) is 43.0 Å². The molecule has 3 aliphatic rings. The molecule has 0 spiro atoms. The largest absolute Gasteiger partial charge is 0.490 e. The molecule has 0 bridgehead atoms. The van der Waals surface area contributed by atoms with Crippen LogP contribution < -0.4 is 9.47 Å². The van der Waals surface area contributed by atoms with E-state index in [2.05, 4.69) is 11.4 Å². The van der Waals surface area contributed by atoms with E-state index in [1.54, 1.807) is 29.5 Å². The van der Waals surface area contributed by atoms with Crippen LogP contribution in [0.2, 0.25) is 0 Å². The van der Waals surface area contributed by atoms with Crippen molar-refractivity contribution in [3.63, 3.8) is 0 Å². The van der Waals surface area contributed by atoms with Crippen molar-refractivity contribution in [1.82, 2.24) is 9.21 Å². The quantitative estimate of drug-likeness (QED) is 0.673. The number of carbonyl (C=O) groups is 1. The highest BCUT2D eigenvalue weighted by molar-refractivity contribution is 7.89. The molecule has 1 aromatic carbocycles. The van der Waals surface area contributed by atoms with Gasteiger partial charge in [-0.05, 0) is 49.3 Å². The lowest BCUT2D eigenvalue weighted by Crippen LogP contribution is -2.44. The maximum atomic E-state index is 13.3. The van der Waals surface area contributed by atoms with E-state index in [1.807, 2.05) is 11.0 Å². The molecule has 4 heterocycles. The third-order valence-electron chi connectivity index (χ3n) is 6.57. The predicted molar refractivity (Wildman–Crippen MR) is 122 cm³/mol. The summed E-state index contributed by atoms with van der Waals surface area (Å²) in [5.74, 6) is 1.11. The first-order valence-electron chi connectivity index (χ1n) is 11.3. The van der Waals surface area contributed by atoms with Gasteiger partial charge in [0, 0.05) is 42.9 Å². The molecule has 2 saturated heterocycles. The van der Waals surface area contributed by atoms with Crippen LogP contribution >= 0.6 is 11.3 Å². The van der Waals surface area contributed by atoms with Crippen LogP contribution in [0.25, 0.3) is 0 Å². The van der Waals surface area contributed by atoms with Gasteiger partial charge in [0.1, 0.15) is 0 Å². The second-order valence-corrected chi connectivity index (χ2v) is 11.5. The fourth-order valence-corrected chi connectivity index (χ4v) is 7.20. The number of sulfonamides is 1. The summed E-state index contributed by atoms with van der Waals surface area (Å²) in [7, 11) is -3.65. The first-order valence-corrected chi connectivity index (χ1v) is 13.6. The second-order valence-electron chi connectivity index (χ2n) is 8.54. The minimum Gasteiger partial charge on any atom is -0.490 e. The van der Waals surface area contributed by atoms with Crippen molar-refractivity contribution in [2.75, 3.05) is 32.8 Å². The Hall–Kier alpha value is -2.10. The molecule has 0 radical (unpaired) electrons. The molecule has 1 aromatic heterocycles. The minimum atomic E-state index is -3.65. The Morgan fingerprint density at radius 3 is 2.50 bits per heavy atom. The Labute approximate surface area is 193 Å². The van der Waals surface area contributed by atoms with Crippen LogP contribution in [0.4, 0.5) is 0 Å². The highest BCUT2D eigenvalue weighted by Gasteiger charge is 2.38. The van der Waals surface area contributed by atoms with Crippen molar-refractivity contribution >= 4 is 27.3 Å². The van der Waals surface area contributed by atoms with Gasteiger partial charge in [0.05, 0.1) is 24.2 Å². The minimum absolute atomic E-state index is 0.120. The number of ether oxygens (including phenoxy) is 2. The van der Waals surface area contributed by atoms with Crippen molar-refractivity contribution < 1.29 is 22.7 Å². The highest BCUT2D eigenvalue weighted by Crippen LogP contribution is 2.37. The summed E-state index contributed by atoms with van der Waals surface area (Å²) in [5.41, 5.74) is 0. The number of benzene rings is 1. The zero-order valence-corrected chi connectivity index (χ0v) is 19.6. The number of fused-ring (bicyclic) bond motifs is 1. The van der Waals surface area contributed by atoms with Crippen LogP contribution in [0, 0.1) is 5.92 Å². The van der Waals surface area contributed by atoms with E-state index >= 15 is 0 Å². The maximum Gasteiger partial charge on any atom is 0.243 e. The number of nitrogens with zero attached hydrogens (tertiary/aromatic N) is 2. The number of thiophene rings is 1. The second kappa shape index (κ2) is 9.03. The average molecular weight is 477 g/mol. The van der Waals surface area contributed by atoms with Gasteiger partial charge in [-0.3, -0.25) is 4.79 Å². The number of piperidine rings is 1. The lowest BCUT2D eigenvalue weighted by Gasteiger charge is -2.34. The van der Waals surface area contributed by atoms with Crippen LogP contribution in [-0.4, -0.2) is 56.4 Å². The fraction of sp³-hybridized carbons (Fsp3) is 0.522. The van der Waals surface area contributed by atoms with E-state index < -0.39 is 10.0 Å². The normalized spacial score (nSPS) is 22.6. The maximum absolute atomic E-state index is 13.3. The molecular weight excluding hydrogens is 448 g/mol. The molecule has 0 unspecified atom stereocenters. The number of hydrogen-bond acceptors (Lipinski definition) is 6. The molecule has 7 nitrogen and oxygen atoms in total. The Balaban J connectivity index is 1.25. The van der Waals surface area contributed by atoms with Gasteiger partial charge in [-0.2, -0.15) is 4.31 Å². The summed E-state index contributed by atoms with van der Waals surface area (Å²) in [4.78, 5) is 16.7. The van der Waals surface area contributed by atoms with Gasteiger partial charge in [0.15, 0.2) is 11.5 Å². The summed E-state index contributed by atoms with van der Waals surface area (Å²) >= 11 is 1.70. The lowest BCUT2D eigenvalue weighted by atomic mass is 9.96. The van der Waals surface area contributed by atoms with Crippen LogP contribution in [0.3, 0.4) is 0 Å². The van der Waals surface area contributed by atoms with Gasteiger partial charge in [-0.1, -0.05) is 6.07 Å². The standard InChI is InChI=1S/C23H28N2O5S2/c26-23(25-10-1-4-19(25)22-5-2-15-31-22)17-8-11-24(12-9-17)32(27,28)18-6-7-20-21(16-18)30-14-3-13-29-20/h2,5-7,15-17,19H,1,3-4,8-14H2/t19-/m1/s1. The summed E-state index contributed by atoms with van der Waals surface area (Å²) < 4.78 is 39.2. The smallest absolute Gasteiger partial charge is 0.243 e. The van der Waals surface area contributed by atoms with Gasteiger partial charge < -0.3 is 14.4 Å². The molecule has 1 atom stereocenters. The number of amides is 1. The first kappa shape index (κ1) is 21.7. The third-order valence-corrected chi connectivity index (χ3v) is 9.44. The topological polar surface area (TPSA) is 76.2 Å². The predicted octanol–water partition coefficient (Wildman–Crippen LogP) is 3.67. The summed E-state index contributed by atoms with van der Waals surface area (Å²) in [6.07, 6.45) is 3.89. The van der Waals surface area contributed by atoms with Gasteiger partial charge in [0.25, 0.3) is 0 Å². The molecule has 32 heavy (non-hydrogen) atoms. The summed E-state index contributed by atoms with van der Waals surface area (Å²) in [6, 6.07) is 9.11. The van der Waals surface area contributed by atoms with E-state index in [0.717, 1.165) is 25.8 Å². The molecule has 9 heteroatoms. The Kier molecular flexibility index (Phi) is 6.14. The number of hydrogen-bond donors (Lipinski definition) is 0. The van der Waals surface area contributed by atoms with Crippen molar-refractivity contribution in [1.29, 1.82) is 0 Å². The molecular formula is C23H28N2O5S2. The van der Waals surface area contributed by atoms with E-state index in [1.165, 1.54) is 9.18 Å². The molecule has 172 valence electrons. The molecule has 2 aromatic rings. The average Bonchev–Trinajstić information content (AvgIpc) is 3.46. The molecule has 3 aliphatic heterocycles. The number of carbonyl (C=O) groups excluding carboxylic acids is 1. The Morgan fingerprint density at radius 2 is 1.75 bits per heavy atom. The molecule has 0 aliphatic carbocycles. The molecule has 1 amide bonds. The lowest BCUT2D eigenvalue weighted by molar-refractivity contribution is -0.137. The third kappa shape index (κ3) is 4.13. The van der Waals surface area contributed by atoms with Gasteiger partial charge in [-0.25, -0.2) is 8.42 Å². The Bertz CT molecular complexity index is 1060. The van der Waals surface area contributed by atoms with Crippen molar-refractivity contribution in [2.24, 2.45) is 5.92 Å². The van der Waals surface area contributed by atoms with Gasteiger partial charge >= 0.3 is 0 Å². The highest BCUT2D eigenvalue weighted by atomic mass is 32.2. The fourth-order valence-electron chi connectivity index (χ4n) is 4.84. The van der Waals surface area contributed by atoms with E-state index in [4.69, 9.17) is 9.47 Å². The van der Waals surface area contributed by atoms with E-state index in [-0.39, 0.29) is 22.8 Å². The van der Waals surface area contributed by atoms with E-state index in [0.29, 0.717) is 50.6 Å². The van der Waals surface area contributed by atoms with Crippen LogP contribution in [-0.2, 0) is 14.8 Å². The van der Waals surface area contributed by atoms with Gasteiger partial charge in [-0.15, -0.1) is 11.3 Å². The molecule has 2 fully saturated rings. The monoisotopic (exact) mass is 476 g/mol. The first-order chi connectivity index (χ1) is 15.5. The van der Waals surface area contributed by atoms with Crippen molar-refractivity contribution in [2.45, 2.75) is 43.0 Å². The van der Waals surface area contributed by atoms with Gasteiger partial charge in [0.2, 0.25) is 15.9 Å². The number of likely N-dealkylation sites (tertiary alicyclic amines) is 1. The Morgan fingerprint density at radius 1 is 0.969 bits per heavy atom. The zero-order chi connectivity index (χ0) is 22.1. The molecule has 0 N–H and O–H groups in total. The van der Waals surface area contributed by atoms with Crippen molar-refractivity contribution in [3.05, 3.63) is 40.6 Å². The molecule has 0 saturated carbocycles.